The lowest BCUT2D eigenvalue weighted by molar-refractivity contribution is 0.633. The summed E-state index contributed by atoms with van der Waals surface area (Å²) in [5.74, 6) is 0. The van der Waals surface area contributed by atoms with Gasteiger partial charge >= 0.3 is 0 Å². The molecule has 4 heteroatoms. The lowest BCUT2D eigenvalue weighted by Gasteiger charge is -2.03. The summed E-state index contributed by atoms with van der Waals surface area (Å²) in [6, 6.07) is 10.2. The smallest absolute Gasteiger partial charge is 0.0991 e. The van der Waals surface area contributed by atoms with Crippen LogP contribution in [0.15, 0.2) is 30.3 Å². The molecule has 1 aromatic carbocycles. The third-order valence-electron chi connectivity index (χ3n) is 2.45. The van der Waals surface area contributed by atoms with Crippen molar-refractivity contribution in [2.75, 3.05) is 0 Å². The van der Waals surface area contributed by atoms with Crippen LogP contribution in [0.5, 0.6) is 0 Å². The standard InChI is InChI=1S/C11H14N4/c1-9-11(7-12)13-14-15(9)8-10-5-3-2-4-6-10/h2-6H,7-8,12H2,1H3. The van der Waals surface area contributed by atoms with E-state index in [1.54, 1.807) is 0 Å². The van der Waals surface area contributed by atoms with Crippen LogP contribution in [0.25, 0.3) is 0 Å². The van der Waals surface area contributed by atoms with Crippen molar-refractivity contribution < 1.29 is 0 Å². The summed E-state index contributed by atoms with van der Waals surface area (Å²) in [5, 5.41) is 8.09. The number of nitrogens with two attached hydrogens (primary N) is 1. The molecule has 0 radical (unpaired) electrons. The second-order valence-electron chi connectivity index (χ2n) is 3.47. The Labute approximate surface area is 88.7 Å². The maximum absolute atomic E-state index is 5.54. The minimum atomic E-state index is 0.445. The van der Waals surface area contributed by atoms with Crippen LogP contribution >= 0.6 is 0 Å². The average molecular weight is 202 g/mol. The highest BCUT2D eigenvalue weighted by Gasteiger charge is 2.06. The molecule has 78 valence electrons. The van der Waals surface area contributed by atoms with E-state index in [9.17, 15) is 0 Å². The highest BCUT2D eigenvalue weighted by atomic mass is 15.4. The van der Waals surface area contributed by atoms with Crippen molar-refractivity contribution in [1.82, 2.24) is 15.0 Å². The van der Waals surface area contributed by atoms with Crippen molar-refractivity contribution in [2.45, 2.75) is 20.0 Å². The van der Waals surface area contributed by atoms with Crippen LogP contribution in [0, 0.1) is 6.92 Å². The number of nitrogens with zero attached hydrogens (tertiary/aromatic N) is 3. The minimum Gasteiger partial charge on any atom is -0.325 e. The van der Waals surface area contributed by atoms with E-state index in [0.717, 1.165) is 17.9 Å². The molecule has 1 aromatic heterocycles. The lowest BCUT2D eigenvalue weighted by Crippen LogP contribution is -2.05. The second kappa shape index (κ2) is 4.23. The molecule has 0 aliphatic rings. The number of rotatable bonds is 3. The minimum absolute atomic E-state index is 0.445. The quantitative estimate of drug-likeness (QED) is 0.810. The van der Waals surface area contributed by atoms with Gasteiger partial charge in [-0.3, -0.25) is 0 Å². The summed E-state index contributed by atoms with van der Waals surface area (Å²) in [6.45, 7) is 3.19. The van der Waals surface area contributed by atoms with E-state index in [0.29, 0.717) is 6.54 Å². The van der Waals surface area contributed by atoms with Gasteiger partial charge in [0.15, 0.2) is 0 Å². The van der Waals surface area contributed by atoms with Crippen molar-refractivity contribution in [3.05, 3.63) is 47.3 Å². The molecule has 0 aliphatic carbocycles. The first-order valence-corrected chi connectivity index (χ1v) is 4.94. The van der Waals surface area contributed by atoms with Gasteiger partial charge in [0.05, 0.1) is 17.9 Å². The van der Waals surface area contributed by atoms with Crippen LogP contribution in [0.4, 0.5) is 0 Å². The van der Waals surface area contributed by atoms with Crippen molar-refractivity contribution in [2.24, 2.45) is 5.73 Å². The molecule has 1 heterocycles. The summed E-state index contributed by atoms with van der Waals surface area (Å²) in [6.07, 6.45) is 0. The Morgan fingerprint density at radius 3 is 2.60 bits per heavy atom. The molecular weight excluding hydrogens is 188 g/mol. The first-order chi connectivity index (χ1) is 7.31. The predicted molar refractivity (Wildman–Crippen MR) is 58.2 cm³/mol. The predicted octanol–water partition coefficient (Wildman–Crippen LogP) is 1.09. The molecule has 0 amide bonds. The van der Waals surface area contributed by atoms with Gasteiger partial charge in [0.2, 0.25) is 0 Å². The zero-order valence-corrected chi connectivity index (χ0v) is 8.72. The lowest BCUT2D eigenvalue weighted by atomic mass is 10.2. The summed E-state index contributed by atoms with van der Waals surface area (Å²) in [5.41, 5.74) is 8.67. The van der Waals surface area contributed by atoms with Crippen molar-refractivity contribution in [3.8, 4) is 0 Å². The maximum Gasteiger partial charge on any atom is 0.0991 e. The van der Waals surface area contributed by atoms with E-state index in [1.165, 1.54) is 5.56 Å². The number of hydrogen-bond donors (Lipinski definition) is 1. The van der Waals surface area contributed by atoms with Gasteiger partial charge < -0.3 is 5.73 Å². The van der Waals surface area contributed by atoms with E-state index in [-0.39, 0.29) is 0 Å². The fourth-order valence-corrected chi connectivity index (χ4v) is 1.49. The first kappa shape index (κ1) is 9.86. The Kier molecular flexibility index (Phi) is 2.78. The van der Waals surface area contributed by atoms with Crippen molar-refractivity contribution in [1.29, 1.82) is 0 Å². The van der Waals surface area contributed by atoms with E-state index >= 15 is 0 Å². The summed E-state index contributed by atoms with van der Waals surface area (Å²) in [7, 11) is 0. The van der Waals surface area contributed by atoms with Crippen molar-refractivity contribution >= 4 is 0 Å². The van der Waals surface area contributed by atoms with Crippen LogP contribution in [-0.4, -0.2) is 15.0 Å². The molecule has 0 fully saturated rings. The van der Waals surface area contributed by atoms with Gasteiger partial charge in [0, 0.05) is 6.54 Å². The largest absolute Gasteiger partial charge is 0.325 e. The maximum atomic E-state index is 5.54. The van der Waals surface area contributed by atoms with E-state index in [2.05, 4.69) is 22.4 Å². The molecule has 15 heavy (non-hydrogen) atoms. The highest BCUT2D eigenvalue weighted by molar-refractivity contribution is 5.16. The first-order valence-electron chi connectivity index (χ1n) is 4.94. The Bertz CT molecular complexity index is 433. The summed E-state index contributed by atoms with van der Waals surface area (Å²) in [4.78, 5) is 0. The third kappa shape index (κ3) is 2.05. The zero-order valence-electron chi connectivity index (χ0n) is 8.72. The molecule has 0 atom stereocenters. The molecule has 2 rings (SSSR count). The summed E-state index contributed by atoms with van der Waals surface area (Å²) >= 11 is 0. The topological polar surface area (TPSA) is 56.7 Å². The average Bonchev–Trinajstić information content (AvgIpc) is 2.62. The van der Waals surface area contributed by atoms with Gasteiger partial charge in [-0.15, -0.1) is 5.10 Å². The van der Waals surface area contributed by atoms with E-state index in [1.807, 2.05) is 29.8 Å². The molecule has 0 saturated carbocycles. The second-order valence-corrected chi connectivity index (χ2v) is 3.47. The van der Waals surface area contributed by atoms with Gasteiger partial charge in [0.1, 0.15) is 0 Å². The molecule has 0 saturated heterocycles. The Balaban J connectivity index is 2.21. The van der Waals surface area contributed by atoms with Gasteiger partial charge in [-0.1, -0.05) is 35.5 Å². The van der Waals surface area contributed by atoms with Crippen molar-refractivity contribution in [3.63, 3.8) is 0 Å². The van der Waals surface area contributed by atoms with Crippen LogP contribution in [-0.2, 0) is 13.1 Å². The molecule has 0 spiro atoms. The van der Waals surface area contributed by atoms with Crippen LogP contribution in [0.2, 0.25) is 0 Å². The monoisotopic (exact) mass is 202 g/mol. The SMILES string of the molecule is Cc1c(CN)nnn1Cc1ccccc1. The van der Waals surface area contributed by atoms with E-state index < -0.39 is 0 Å². The third-order valence-corrected chi connectivity index (χ3v) is 2.45. The van der Waals surface area contributed by atoms with Gasteiger partial charge in [-0.2, -0.15) is 0 Å². The van der Waals surface area contributed by atoms with E-state index in [4.69, 9.17) is 5.73 Å². The fourth-order valence-electron chi connectivity index (χ4n) is 1.49. The molecule has 4 nitrogen and oxygen atoms in total. The normalized spacial score (nSPS) is 10.5. The van der Waals surface area contributed by atoms with Gasteiger partial charge in [0.25, 0.3) is 0 Å². The Morgan fingerprint density at radius 1 is 1.27 bits per heavy atom. The van der Waals surface area contributed by atoms with Crippen LogP contribution < -0.4 is 5.73 Å². The molecule has 2 N–H and O–H groups in total. The van der Waals surface area contributed by atoms with Crippen LogP contribution in [0.1, 0.15) is 17.0 Å². The zero-order chi connectivity index (χ0) is 10.7. The molecular formula is C11H14N4. The molecule has 2 aromatic rings. The number of hydrogen-bond acceptors (Lipinski definition) is 3. The molecule has 0 unspecified atom stereocenters. The Morgan fingerprint density at radius 2 is 2.00 bits per heavy atom. The fraction of sp³-hybridized carbons (Fsp3) is 0.273. The molecule has 0 aliphatic heterocycles. The summed E-state index contributed by atoms with van der Waals surface area (Å²) < 4.78 is 1.87. The highest BCUT2D eigenvalue weighted by Crippen LogP contribution is 2.06. The molecule has 0 bridgehead atoms. The van der Waals surface area contributed by atoms with Crippen LogP contribution in [0.3, 0.4) is 0 Å². The number of benzene rings is 1. The van der Waals surface area contributed by atoms with Gasteiger partial charge in [-0.05, 0) is 12.5 Å². The van der Waals surface area contributed by atoms with Gasteiger partial charge in [-0.25, -0.2) is 4.68 Å². The Hall–Kier alpha value is -1.68. The number of aromatic nitrogens is 3.